The van der Waals surface area contributed by atoms with Crippen LogP contribution in [-0.2, 0) is 19.1 Å². The molecule has 0 aromatic carbocycles. The van der Waals surface area contributed by atoms with Crippen molar-refractivity contribution in [2.24, 2.45) is 0 Å². The zero-order valence-corrected chi connectivity index (χ0v) is 37.4. The molecular formula is C46H52ClFN12O4. The molecule has 2 aliphatic carbocycles. The first-order chi connectivity index (χ1) is 30.9. The van der Waals surface area contributed by atoms with E-state index in [1.54, 1.807) is 32.4 Å². The van der Waals surface area contributed by atoms with Crippen LogP contribution in [-0.4, -0.2) is 130 Å². The number of hydrogen-bond acceptors (Lipinski definition) is 14. The third-order valence-corrected chi connectivity index (χ3v) is 12.1. The number of aromatic nitrogens is 6. The van der Waals surface area contributed by atoms with E-state index in [9.17, 15) is 24.5 Å². The molecular weight excluding hydrogens is 839 g/mol. The van der Waals surface area contributed by atoms with E-state index in [2.05, 4.69) is 48.5 Å². The van der Waals surface area contributed by atoms with Crippen molar-refractivity contribution < 1.29 is 23.5 Å². The number of methoxy groups -OCH3 is 2. The molecule has 0 spiro atoms. The van der Waals surface area contributed by atoms with Crippen molar-refractivity contribution in [3.05, 3.63) is 76.9 Å². The molecule has 2 saturated carbocycles. The van der Waals surface area contributed by atoms with E-state index < -0.39 is 5.83 Å². The van der Waals surface area contributed by atoms with Crippen LogP contribution >= 0.6 is 11.6 Å². The summed E-state index contributed by atoms with van der Waals surface area (Å²) in [6.45, 7) is 11.8. The second-order valence-electron chi connectivity index (χ2n) is 16.5. The summed E-state index contributed by atoms with van der Waals surface area (Å²) >= 11 is 6.07. The highest BCUT2D eigenvalue weighted by Gasteiger charge is 2.35. The third-order valence-electron chi connectivity index (χ3n) is 11.9. The fourth-order valence-corrected chi connectivity index (χ4v) is 8.42. The summed E-state index contributed by atoms with van der Waals surface area (Å²) in [4.78, 5) is 59.3. The summed E-state index contributed by atoms with van der Waals surface area (Å²) in [7, 11) is 3.18. The van der Waals surface area contributed by atoms with Crippen molar-refractivity contribution in [2.75, 3.05) is 76.5 Å². The second-order valence-corrected chi connectivity index (χ2v) is 16.9. The number of halogens is 2. The first-order valence-corrected chi connectivity index (χ1v) is 21.9. The standard InChI is InChI=1S/C24H27FN6O2.C22H25ClN6O2/c1-15-13-30(7-8-31(15)22(32)6-9-33-3)24-18(12-26)10-19(23(29-24)17-4-5-17)21-11-20(16(2)25)27-14-28-21;1-14-12-28(6-7-29(14)20(30)5-8-31-2)22-16(11-24)9-17(21(27-22)15-3-4-15)18-10-19(23)26-13-25-18/h10-11,14-15,17H,2,4-9,13H2,1,3H3;9-10,13-15H,3-8,12H2,1-2H3/t15-;14-/m11/s1. The van der Waals surface area contributed by atoms with Crippen molar-refractivity contribution in [3.8, 4) is 34.7 Å². The lowest BCUT2D eigenvalue weighted by Gasteiger charge is -2.41. The normalized spacial score (nSPS) is 18.4. The average Bonchev–Trinajstić information content (AvgIpc) is 4.25. The molecule has 2 aliphatic heterocycles. The molecule has 64 heavy (non-hydrogen) atoms. The van der Waals surface area contributed by atoms with Gasteiger partial charge in [0, 0.05) is 94.6 Å². The number of carbonyl (C=O) groups is 2. The zero-order valence-electron chi connectivity index (χ0n) is 36.6. The van der Waals surface area contributed by atoms with E-state index in [0.717, 1.165) is 48.2 Å². The molecule has 4 aromatic heterocycles. The van der Waals surface area contributed by atoms with Crippen molar-refractivity contribution in [1.29, 1.82) is 10.5 Å². The molecule has 0 N–H and O–H groups in total. The highest BCUT2D eigenvalue weighted by molar-refractivity contribution is 6.29. The summed E-state index contributed by atoms with van der Waals surface area (Å²) in [5, 5.41) is 20.1. The van der Waals surface area contributed by atoms with E-state index in [4.69, 9.17) is 31.0 Å². The number of anilines is 2. The number of nitrogens with zero attached hydrogens (tertiary/aromatic N) is 12. The van der Waals surface area contributed by atoms with Crippen LogP contribution in [0, 0.1) is 22.7 Å². The number of piperazine rings is 2. The summed E-state index contributed by atoms with van der Waals surface area (Å²) < 4.78 is 23.7. The van der Waals surface area contributed by atoms with Gasteiger partial charge in [0.05, 0.1) is 60.0 Å². The SMILES string of the molecule is C=C(F)c1cc(-c2cc(C#N)c(N3CCN(C(=O)CCOC)[C@H](C)C3)nc2C2CC2)ncn1.COCCC(=O)N1CCN(c2nc(C3CC3)c(-c3cc(Cl)ncn3)cc2C#N)C[C@H]1C. The van der Waals surface area contributed by atoms with Crippen LogP contribution < -0.4 is 9.80 Å². The van der Waals surface area contributed by atoms with Crippen LogP contribution in [0.1, 0.15) is 92.4 Å². The van der Waals surface area contributed by atoms with Crippen LogP contribution in [0.2, 0.25) is 5.15 Å². The first-order valence-electron chi connectivity index (χ1n) is 21.6. The molecule has 6 heterocycles. The predicted molar refractivity (Wildman–Crippen MR) is 239 cm³/mol. The van der Waals surface area contributed by atoms with Gasteiger partial charge in [-0.2, -0.15) is 10.5 Å². The van der Waals surface area contributed by atoms with Gasteiger partial charge in [0.15, 0.2) is 0 Å². The Balaban J connectivity index is 0.000000192. The van der Waals surface area contributed by atoms with Crippen molar-refractivity contribution >= 4 is 40.9 Å². The lowest BCUT2D eigenvalue weighted by Crippen LogP contribution is -2.54. The number of nitriles is 2. The molecule has 4 aromatic rings. The van der Waals surface area contributed by atoms with Crippen molar-refractivity contribution in [2.45, 2.75) is 76.3 Å². The Morgan fingerprint density at radius 2 is 1.19 bits per heavy atom. The van der Waals surface area contributed by atoms with Gasteiger partial charge < -0.3 is 29.1 Å². The quantitative estimate of drug-likeness (QED) is 0.136. The van der Waals surface area contributed by atoms with Crippen molar-refractivity contribution in [1.82, 2.24) is 39.7 Å². The monoisotopic (exact) mass is 890 g/mol. The Morgan fingerprint density at radius 1 is 0.734 bits per heavy atom. The molecule has 2 saturated heterocycles. The summed E-state index contributed by atoms with van der Waals surface area (Å²) in [5.41, 5.74) is 5.64. The van der Waals surface area contributed by atoms with Gasteiger partial charge >= 0.3 is 0 Å². The Hall–Kier alpha value is -6.14. The van der Waals surface area contributed by atoms with Gasteiger partial charge in [0.1, 0.15) is 53.1 Å². The molecule has 334 valence electrons. The number of pyridine rings is 2. The molecule has 4 fully saturated rings. The summed E-state index contributed by atoms with van der Waals surface area (Å²) in [5.74, 6) is 1.49. The summed E-state index contributed by atoms with van der Waals surface area (Å²) in [6.07, 6.45) is 7.63. The Kier molecular flexibility index (Phi) is 14.7. The predicted octanol–water partition coefficient (Wildman–Crippen LogP) is 6.32. The molecule has 2 atom stereocenters. The zero-order chi connectivity index (χ0) is 45.5. The molecule has 4 aliphatic rings. The van der Waals surface area contributed by atoms with Gasteiger partial charge in [-0.1, -0.05) is 18.2 Å². The highest BCUT2D eigenvalue weighted by atomic mass is 35.5. The van der Waals surface area contributed by atoms with Gasteiger partial charge in [-0.05, 0) is 57.7 Å². The van der Waals surface area contributed by atoms with Crippen molar-refractivity contribution in [3.63, 3.8) is 0 Å². The molecule has 0 bridgehead atoms. The van der Waals surface area contributed by atoms with E-state index >= 15 is 0 Å². The number of rotatable bonds is 13. The average molecular weight is 891 g/mol. The van der Waals surface area contributed by atoms with Gasteiger partial charge in [0.25, 0.3) is 0 Å². The fraction of sp³-hybridized carbons (Fsp3) is 0.478. The molecule has 16 nitrogen and oxygen atoms in total. The molecule has 8 rings (SSSR count). The maximum absolute atomic E-state index is 13.7. The van der Waals surface area contributed by atoms with Gasteiger partial charge in [-0.25, -0.2) is 34.3 Å². The maximum Gasteiger partial charge on any atom is 0.225 e. The summed E-state index contributed by atoms with van der Waals surface area (Å²) in [6, 6.07) is 11.5. The minimum absolute atomic E-state index is 0.0134. The lowest BCUT2D eigenvalue weighted by atomic mass is 10.0. The largest absolute Gasteiger partial charge is 0.384 e. The van der Waals surface area contributed by atoms with Crippen LogP contribution in [0.15, 0.2) is 43.5 Å². The van der Waals surface area contributed by atoms with Crippen LogP contribution in [0.25, 0.3) is 28.3 Å². The molecule has 2 amide bonds. The number of amides is 2. The molecule has 18 heteroatoms. The smallest absolute Gasteiger partial charge is 0.225 e. The van der Waals surface area contributed by atoms with Crippen LogP contribution in [0.5, 0.6) is 0 Å². The first kappa shape index (κ1) is 45.9. The molecule has 0 unspecified atom stereocenters. The third kappa shape index (κ3) is 10.6. The number of ether oxygens (including phenoxy) is 2. The molecule has 0 radical (unpaired) electrons. The van der Waals surface area contributed by atoms with Crippen LogP contribution in [0.3, 0.4) is 0 Å². The minimum Gasteiger partial charge on any atom is -0.384 e. The van der Waals surface area contributed by atoms with E-state index in [-0.39, 0.29) is 35.5 Å². The highest BCUT2D eigenvalue weighted by Crippen LogP contribution is 2.46. The maximum atomic E-state index is 13.7. The van der Waals surface area contributed by atoms with E-state index in [1.165, 1.54) is 12.7 Å². The number of hydrogen-bond donors (Lipinski definition) is 0. The van der Waals surface area contributed by atoms with Gasteiger partial charge in [-0.15, -0.1) is 0 Å². The van der Waals surface area contributed by atoms with E-state index in [0.29, 0.717) is 111 Å². The van der Waals surface area contributed by atoms with Gasteiger partial charge in [0.2, 0.25) is 11.8 Å². The fourth-order valence-electron chi connectivity index (χ4n) is 8.27. The minimum atomic E-state index is -0.636. The van der Waals surface area contributed by atoms with Gasteiger partial charge in [-0.3, -0.25) is 9.59 Å². The second kappa shape index (κ2) is 20.6. The lowest BCUT2D eigenvalue weighted by molar-refractivity contribution is -0.135. The van der Waals surface area contributed by atoms with Crippen LogP contribution in [0.4, 0.5) is 16.0 Å². The van der Waals surface area contributed by atoms with E-state index in [1.807, 2.05) is 29.7 Å². The topological polar surface area (TPSA) is 190 Å². The Morgan fingerprint density at radius 3 is 1.58 bits per heavy atom. The Bertz CT molecular complexity index is 2470. The Labute approximate surface area is 377 Å². The number of carbonyl (C=O) groups excluding carboxylic acids is 2.